The van der Waals surface area contributed by atoms with Gasteiger partial charge in [0.05, 0.1) is 11.9 Å². The first kappa shape index (κ1) is 19.0. The Morgan fingerprint density at radius 1 is 1.03 bits per heavy atom. The predicted molar refractivity (Wildman–Crippen MR) is 116 cm³/mol. The molecule has 1 atom stereocenters. The molecule has 148 valence electrons. The van der Waals surface area contributed by atoms with Gasteiger partial charge in [-0.25, -0.2) is 4.98 Å². The van der Waals surface area contributed by atoms with E-state index in [0.29, 0.717) is 23.0 Å². The first-order valence-corrected chi connectivity index (χ1v) is 10.0. The highest BCUT2D eigenvalue weighted by atomic mass is 16.5. The molecule has 2 aromatic carbocycles. The minimum absolute atomic E-state index is 0.222. The third-order valence-electron chi connectivity index (χ3n) is 5.09. The van der Waals surface area contributed by atoms with Gasteiger partial charge in [-0.05, 0) is 67.3 Å². The molecule has 1 saturated heterocycles. The van der Waals surface area contributed by atoms with Crippen LogP contribution in [-0.4, -0.2) is 24.0 Å². The van der Waals surface area contributed by atoms with E-state index in [9.17, 15) is 4.79 Å². The summed E-state index contributed by atoms with van der Waals surface area (Å²) >= 11 is 0. The van der Waals surface area contributed by atoms with Gasteiger partial charge in [-0.2, -0.15) is 0 Å². The monoisotopic (exact) mass is 387 g/mol. The van der Waals surface area contributed by atoms with Gasteiger partial charge < -0.3 is 15.0 Å². The normalized spacial score (nSPS) is 16.3. The number of piperidine rings is 1. The molecule has 29 heavy (non-hydrogen) atoms. The van der Waals surface area contributed by atoms with E-state index >= 15 is 0 Å². The molecule has 3 aromatic rings. The lowest BCUT2D eigenvalue weighted by molar-refractivity contribution is 0.102. The van der Waals surface area contributed by atoms with Crippen molar-refractivity contribution in [1.29, 1.82) is 0 Å². The topological polar surface area (TPSA) is 54.5 Å². The summed E-state index contributed by atoms with van der Waals surface area (Å²) in [6.07, 6.45) is 4.27. The molecular formula is C24H25N3O2. The average molecular weight is 387 g/mol. The molecule has 5 nitrogen and oxygen atoms in total. The summed E-state index contributed by atoms with van der Waals surface area (Å²) < 4.78 is 5.77. The first-order valence-electron chi connectivity index (χ1n) is 10.0. The molecule has 1 N–H and O–H groups in total. The maximum absolute atomic E-state index is 12.5. The van der Waals surface area contributed by atoms with Gasteiger partial charge in [-0.15, -0.1) is 0 Å². The van der Waals surface area contributed by atoms with Crippen LogP contribution in [0.3, 0.4) is 0 Å². The second-order valence-electron chi connectivity index (χ2n) is 7.49. The van der Waals surface area contributed by atoms with Crippen LogP contribution in [-0.2, 0) is 0 Å². The van der Waals surface area contributed by atoms with Crippen molar-refractivity contribution in [1.82, 2.24) is 4.98 Å². The number of benzene rings is 2. The van der Waals surface area contributed by atoms with Crippen molar-refractivity contribution in [2.75, 3.05) is 23.3 Å². The van der Waals surface area contributed by atoms with Crippen LogP contribution in [0.5, 0.6) is 11.5 Å². The van der Waals surface area contributed by atoms with E-state index in [1.807, 2.05) is 60.7 Å². The van der Waals surface area contributed by atoms with Gasteiger partial charge in [0.15, 0.2) is 0 Å². The molecule has 0 bridgehead atoms. The number of anilines is 2. The summed E-state index contributed by atoms with van der Waals surface area (Å²) in [5.41, 5.74) is 2.19. The van der Waals surface area contributed by atoms with Crippen LogP contribution in [0.15, 0.2) is 72.9 Å². The molecule has 0 saturated carbocycles. The van der Waals surface area contributed by atoms with E-state index in [1.165, 1.54) is 12.8 Å². The minimum atomic E-state index is -0.222. The van der Waals surface area contributed by atoms with Gasteiger partial charge in [-0.1, -0.05) is 25.1 Å². The molecule has 0 spiro atoms. The highest BCUT2D eigenvalue weighted by molar-refractivity contribution is 6.02. The van der Waals surface area contributed by atoms with Gasteiger partial charge in [-0.3, -0.25) is 4.79 Å². The number of carbonyl (C=O) groups excluding carboxylic acids is 1. The summed E-state index contributed by atoms with van der Waals surface area (Å²) in [6.45, 7) is 4.37. The number of rotatable bonds is 5. The summed E-state index contributed by atoms with van der Waals surface area (Å²) in [7, 11) is 0. The smallest absolute Gasteiger partial charge is 0.274 e. The number of para-hydroxylation sites is 1. The van der Waals surface area contributed by atoms with Crippen molar-refractivity contribution in [3.63, 3.8) is 0 Å². The molecule has 1 aromatic heterocycles. The Balaban J connectivity index is 1.36. The van der Waals surface area contributed by atoms with Gasteiger partial charge in [0.2, 0.25) is 0 Å². The SMILES string of the molecule is CC1CCCN(c2ccc(C(=O)Nc3ccc(Oc4ccccc4)cc3)nc2)C1. The number of hydrogen-bond acceptors (Lipinski definition) is 4. The van der Waals surface area contributed by atoms with Crippen molar-refractivity contribution in [3.05, 3.63) is 78.6 Å². The van der Waals surface area contributed by atoms with Gasteiger partial charge >= 0.3 is 0 Å². The second kappa shape index (κ2) is 8.78. The molecule has 0 radical (unpaired) electrons. The minimum Gasteiger partial charge on any atom is -0.457 e. The van der Waals surface area contributed by atoms with E-state index in [4.69, 9.17) is 4.74 Å². The first-order chi connectivity index (χ1) is 14.2. The van der Waals surface area contributed by atoms with Crippen LogP contribution in [0.1, 0.15) is 30.3 Å². The Bertz CT molecular complexity index is 940. The lowest BCUT2D eigenvalue weighted by Gasteiger charge is -2.32. The second-order valence-corrected chi connectivity index (χ2v) is 7.49. The number of ether oxygens (including phenoxy) is 1. The number of pyridine rings is 1. The summed E-state index contributed by atoms with van der Waals surface area (Å²) in [5, 5.41) is 2.88. The van der Waals surface area contributed by atoms with Crippen LogP contribution < -0.4 is 15.0 Å². The standard InChI is InChI=1S/C24H25N3O2/c1-18-6-5-15-27(17-18)20-11-14-23(25-16-20)24(28)26-19-9-12-22(13-10-19)29-21-7-3-2-4-8-21/h2-4,7-14,16,18H,5-6,15,17H2,1H3,(H,26,28). The van der Waals surface area contributed by atoms with Gasteiger partial charge in [0.1, 0.15) is 17.2 Å². The van der Waals surface area contributed by atoms with E-state index in [-0.39, 0.29) is 5.91 Å². The Morgan fingerprint density at radius 3 is 2.48 bits per heavy atom. The fourth-order valence-corrected chi connectivity index (χ4v) is 3.56. The molecule has 2 heterocycles. The Morgan fingerprint density at radius 2 is 1.79 bits per heavy atom. The van der Waals surface area contributed by atoms with Crippen molar-refractivity contribution in [2.24, 2.45) is 5.92 Å². The molecule has 1 aliphatic rings. The zero-order valence-corrected chi connectivity index (χ0v) is 16.5. The van der Waals surface area contributed by atoms with Crippen LogP contribution in [0.2, 0.25) is 0 Å². The molecule has 1 amide bonds. The Hall–Kier alpha value is -3.34. The summed E-state index contributed by atoms with van der Waals surface area (Å²) in [6, 6.07) is 20.7. The van der Waals surface area contributed by atoms with E-state index in [1.54, 1.807) is 12.3 Å². The largest absolute Gasteiger partial charge is 0.457 e. The van der Waals surface area contributed by atoms with E-state index < -0.39 is 0 Å². The van der Waals surface area contributed by atoms with E-state index in [0.717, 1.165) is 24.5 Å². The van der Waals surface area contributed by atoms with Gasteiger partial charge in [0, 0.05) is 18.8 Å². The number of aromatic nitrogens is 1. The zero-order chi connectivity index (χ0) is 20.1. The molecule has 1 unspecified atom stereocenters. The highest BCUT2D eigenvalue weighted by Gasteiger charge is 2.17. The number of carbonyl (C=O) groups is 1. The Kier molecular flexibility index (Phi) is 5.75. The third-order valence-corrected chi connectivity index (χ3v) is 5.09. The molecule has 0 aliphatic carbocycles. The number of amides is 1. The third kappa shape index (κ3) is 4.93. The predicted octanol–water partition coefficient (Wildman–Crippen LogP) is 5.36. The average Bonchev–Trinajstić information content (AvgIpc) is 2.76. The van der Waals surface area contributed by atoms with Crippen molar-refractivity contribution in [3.8, 4) is 11.5 Å². The van der Waals surface area contributed by atoms with Crippen LogP contribution in [0.25, 0.3) is 0 Å². The van der Waals surface area contributed by atoms with Gasteiger partial charge in [0.25, 0.3) is 5.91 Å². The van der Waals surface area contributed by atoms with Crippen molar-refractivity contribution < 1.29 is 9.53 Å². The maximum Gasteiger partial charge on any atom is 0.274 e. The molecule has 5 heteroatoms. The fraction of sp³-hybridized carbons (Fsp3) is 0.250. The molecule has 4 rings (SSSR count). The highest BCUT2D eigenvalue weighted by Crippen LogP contribution is 2.24. The van der Waals surface area contributed by atoms with Crippen LogP contribution >= 0.6 is 0 Å². The van der Waals surface area contributed by atoms with E-state index in [2.05, 4.69) is 22.1 Å². The number of nitrogens with one attached hydrogen (secondary N) is 1. The number of nitrogens with zero attached hydrogens (tertiary/aromatic N) is 2. The fourth-order valence-electron chi connectivity index (χ4n) is 3.56. The summed E-state index contributed by atoms with van der Waals surface area (Å²) in [5.74, 6) is 1.96. The Labute approximate surface area is 171 Å². The molecular weight excluding hydrogens is 362 g/mol. The number of hydrogen-bond donors (Lipinski definition) is 1. The molecule has 1 fully saturated rings. The lowest BCUT2D eigenvalue weighted by Crippen LogP contribution is -2.34. The van der Waals surface area contributed by atoms with Crippen molar-refractivity contribution >= 4 is 17.3 Å². The molecule has 1 aliphatic heterocycles. The van der Waals surface area contributed by atoms with Crippen LogP contribution in [0, 0.1) is 5.92 Å². The van der Waals surface area contributed by atoms with Crippen molar-refractivity contribution in [2.45, 2.75) is 19.8 Å². The quantitative estimate of drug-likeness (QED) is 0.640. The lowest BCUT2D eigenvalue weighted by atomic mass is 10.00. The maximum atomic E-state index is 12.5. The zero-order valence-electron chi connectivity index (χ0n) is 16.5. The van der Waals surface area contributed by atoms with Crippen LogP contribution in [0.4, 0.5) is 11.4 Å². The summed E-state index contributed by atoms with van der Waals surface area (Å²) in [4.78, 5) is 19.2.